The molecule has 0 aliphatic carbocycles. The Morgan fingerprint density at radius 3 is 2.42 bits per heavy atom. The van der Waals surface area contributed by atoms with E-state index in [0.717, 1.165) is 76.1 Å². The standard InChI is InChI=1S/C25H31N3O2S.C2H2O4.H2O/c1-3-19-20-10-15-28(17(2)29)16-24(20)31-23(19)11-14-27-12-8-18(9-13-27)25-21-6-4-5-7-22(21)30-26-25;3-1(4)2(5)6;/h4-7,18H,3,8-16H2,1-2H3;(H,3,4)(H,5,6);1H2. The molecule has 2 aliphatic rings. The minimum absolute atomic E-state index is 0. The van der Waals surface area contributed by atoms with E-state index in [2.05, 4.69) is 29.1 Å². The number of hydrogen-bond donors (Lipinski definition) is 2. The van der Waals surface area contributed by atoms with Gasteiger partial charge in [-0.3, -0.25) is 4.79 Å². The van der Waals surface area contributed by atoms with Crippen molar-refractivity contribution < 1.29 is 34.6 Å². The maximum absolute atomic E-state index is 11.8. The van der Waals surface area contributed by atoms with Crippen molar-refractivity contribution in [3.63, 3.8) is 0 Å². The van der Waals surface area contributed by atoms with E-state index in [4.69, 9.17) is 24.3 Å². The lowest BCUT2D eigenvalue weighted by atomic mass is 9.91. The van der Waals surface area contributed by atoms with E-state index in [1.54, 1.807) is 17.4 Å². The van der Waals surface area contributed by atoms with Gasteiger partial charge in [0.15, 0.2) is 5.58 Å². The van der Waals surface area contributed by atoms with Crippen molar-refractivity contribution in [1.82, 2.24) is 15.0 Å². The first-order chi connectivity index (χ1) is 17.8. The van der Waals surface area contributed by atoms with Gasteiger partial charge in [-0.05, 0) is 68.5 Å². The van der Waals surface area contributed by atoms with Gasteiger partial charge in [0.05, 0.1) is 12.2 Å². The second kappa shape index (κ2) is 13.0. The largest absolute Gasteiger partial charge is 0.473 e. The van der Waals surface area contributed by atoms with E-state index >= 15 is 0 Å². The maximum Gasteiger partial charge on any atom is 0.414 e. The molecule has 11 heteroatoms. The maximum atomic E-state index is 11.8. The minimum Gasteiger partial charge on any atom is -0.473 e. The van der Waals surface area contributed by atoms with Gasteiger partial charge in [0, 0.05) is 41.1 Å². The van der Waals surface area contributed by atoms with E-state index < -0.39 is 11.9 Å². The Morgan fingerprint density at radius 1 is 1.11 bits per heavy atom. The van der Waals surface area contributed by atoms with Crippen LogP contribution in [-0.4, -0.2) is 74.7 Å². The smallest absolute Gasteiger partial charge is 0.414 e. The third kappa shape index (κ3) is 6.58. The molecule has 1 fully saturated rings. The average molecular weight is 546 g/mol. The molecule has 10 nitrogen and oxygen atoms in total. The highest BCUT2D eigenvalue weighted by atomic mass is 32.1. The summed E-state index contributed by atoms with van der Waals surface area (Å²) in [6.07, 6.45) is 5.53. The van der Waals surface area contributed by atoms with Crippen molar-refractivity contribution >= 4 is 40.2 Å². The third-order valence-electron chi connectivity index (χ3n) is 7.27. The number of amides is 1. The van der Waals surface area contributed by atoms with Crippen molar-refractivity contribution in [2.75, 3.05) is 26.2 Å². The Balaban J connectivity index is 0.000000516. The first kappa shape index (κ1) is 29.3. The average Bonchev–Trinajstić information content (AvgIpc) is 3.48. The quantitative estimate of drug-likeness (QED) is 0.463. The van der Waals surface area contributed by atoms with Gasteiger partial charge < -0.3 is 30.0 Å². The highest BCUT2D eigenvalue weighted by Crippen LogP contribution is 2.35. The van der Waals surface area contributed by atoms with Crippen LogP contribution >= 0.6 is 11.3 Å². The Morgan fingerprint density at radius 2 is 1.79 bits per heavy atom. The number of carboxylic acid groups (broad SMARTS) is 2. The molecule has 3 aromatic rings. The van der Waals surface area contributed by atoms with Crippen molar-refractivity contribution in [3.8, 4) is 0 Å². The normalized spacial score (nSPS) is 15.8. The molecule has 2 aromatic heterocycles. The fourth-order valence-corrected chi connectivity index (χ4v) is 6.75. The number of rotatable bonds is 5. The Bertz CT molecular complexity index is 1260. The molecule has 1 aromatic carbocycles. The topological polar surface area (TPSA) is 156 Å². The van der Waals surface area contributed by atoms with Gasteiger partial charge in [-0.1, -0.05) is 24.2 Å². The zero-order chi connectivity index (χ0) is 26.5. The lowest BCUT2D eigenvalue weighted by Crippen LogP contribution is -2.34. The summed E-state index contributed by atoms with van der Waals surface area (Å²) in [5.74, 6) is -2.95. The monoisotopic (exact) mass is 545 g/mol. The van der Waals surface area contributed by atoms with Gasteiger partial charge >= 0.3 is 11.9 Å². The molecule has 4 N–H and O–H groups in total. The minimum atomic E-state index is -1.82. The Hall–Kier alpha value is -3.28. The van der Waals surface area contributed by atoms with Crippen molar-refractivity contribution in [2.24, 2.45) is 0 Å². The summed E-state index contributed by atoms with van der Waals surface area (Å²) in [5.41, 5.74) is 5.14. The van der Waals surface area contributed by atoms with Crippen LogP contribution in [0.15, 0.2) is 28.8 Å². The van der Waals surface area contributed by atoms with Crippen molar-refractivity contribution in [3.05, 3.63) is 50.8 Å². The number of aromatic nitrogens is 1. The molecule has 206 valence electrons. The molecule has 0 radical (unpaired) electrons. The van der Waals surface area contributed by atoms with Gasteiger partial charge in [-0.2, -0.15) is 0 Å². The predicted octanol–water partition coefficient (Wildman–Crippen LogP) is 3.11. The van der Waals surface area contributed by atoms with E-state index in [-0.39, 0.29) is 11.4 Å². The number of nitrogens with zero attached hydrogens (tertiary/aromatic N) is 3. The molecule has 38 heavy (non-hydrogen) atoms. The molecule has 2 aliphatic heterocycles. The van der Waals surface area contributed by atoms with Gasteiger partial charge in [0.2, 0.25) is 5.91 Å². The summed E-state index contributed by atoms with van der Waals surface area (Å²) >= 11 is 1.95. The van der Waals surface area contributed by atoms with Crippen LogP contribution < -0.4 is 0 Å². The lowest BCUT2D eigenvalue weighted by molar-refractivity contribution is -0.159. The number of carbonyl (C=O) groups excluding carboxylic acids is 1. The lowest BCUT2D eigenvalue weighted by Gasteiger charge is -2.31. The highest BCUT2D eigenvalue weighted by Gasteiger charge is 2.27. The Kier molecular flexibility index (Phi) is 10.0. The van der Waals surface area contributed by atoms with Gasteiger partial charge in [0.1, 0.15) is 0 Å². The van der Waals surface area contributed by atoms with Crippen LogP contribution in [0, 0.1) is 0 Å². The molecule has 0 saturated carbocycles. The number of benzene rings is 1. The predicted molar refractivity (Wildman–Crippen MR) is 144 cm³/mol. The van der Waals surface area contributed by atoms with E-state index in [9.17, 15) is 4.79 Å². The Labute approximate surface area is 225 Å². The summed E-state index contributed by atoms with van der Waals surface area (Å²) < 4.78 is 5.54. The van der Waals surface area contributed by atoms with E-state index in [1.807, 2.05) is 28.4 Å². The number of thiophene rings is 1. The number of aliphatic carboxylic acids is 2. The number of fused-ring (bicyclic) bond motifs is 2. The number of hydrogen-bond acceptors (Lipinski definition) is 7. The van der Waals surface area contributed by atoms with Crippen LogP contribution in [0.5, 0.6) is 0 Å². The summed E-state index contributed by atoms with van der Waals surface area (Å²) in [7, 11) is 0. The van der Waals surface area contributed by atoms with Crippen LogP contribution in [-0.2, 0) is 40.2 Å². The molecular weight excluding hydrogens is 510 g/mol. The van der Waals surface area contributed by atoms with Crippen molar-refractivity contribution in [1.29, 1.82) is 0 Å². The molecule has 5 rings (SSSR count). The highest BCUT2D eigenvalue weighted by molar-refractivity contribution is 7.12. The molecule has 0 atom stereocenters. The molecule has 1 saturated heterocycles. The number of carboxylic acids is 2. The fourth-order valence-electron chi connectivity index (χ4n) is 5.30. The van der Waals surface area contributed by atoms with Crippen molar-refractivity contribution in [2.45, 2.75) is 58.4 Å². The first-order valence-corrected chi connectivity index (χ1v) is 13.5. The van der Waals surface area contributed by atoms with Crippen LogP contribution in [0.25, 0.3) is 11.0 Å². The second-order valence-corrected chi connectivity index (χ2v) is 10.7. The zero-order valence-corrected chi connectivity index (χ0v) is 22.6. The van der Waals surface area contributed by atoms with Crippen LogP contribution in [0.3, 0.4) is 0 Å². The second-order valence-electron chi connectivity index (χ2n) is 9.49. The van der Waals surface area contributed by atoms with E-state index in [0.29, 0.717) is 5.92 Å². The summed E-state index contributed by atoms with van der Waals surface area (Å²) in [4.78, 5) is 37.6. The SMILES string of the molecule is CCc1c(CCN2CCC(c3noc4ccccc34)CC2)sc2c1CCN(C(C)=O)C2.O.O=C(O)C(=O)O. The third-order valence-corrected chi connectivity index (χ3v) is 8.59. The van der Waals surface area contributed by atoms with Crippen LogP contribution in [0.1, 0.15) is 59.2 Å². The molecule has 1 amide bonds. The molecule has 0 unspecified atom stereocenters. The summed E-state index contributed by atoms with van der Waals surface area (Å²) in [6.45, 7) is 9.00. The van der Waals surface area contributed by atoms with Gasteiger partial charge in [-0.15, -0.1) is 11.3 Å². The molecule has 0 spiro atoms. The summed E-state index contributed by atoms with van der Waals surface area (Å²) in [6, 6.07) is 8.21. The number of para-hydroxylation sites is 1. The number of carbonyl (C=O) groups is 3. The van der Waals surface area contributed by atoms with Gasteiger partial charge in [0.25, 0.3) is 0 Å². The number of piperidine rings is 1. The number of likely N-dealkylation sites (tertiary alicyclic amines) is 1. The first-order valence-electron chi connectivity index (χ1n) is 12.7. The molecule has 0 bridgehead atoms. The molecule has 4 heterocycles. The van der Waals surface area contributed by atoms with Crippen LogP contribution in [0.2, 0.25) is 0 Å². The van der Waals surface area contributed by atoms with Crippen LogP contribution in [0.4, 0.5) is 0 Å². The zero-order valence-electron chi connectivity index (χ0n) is 21.7. The fraction of sp³-hybridized carbons (Fsp3) is 0.481. The summed E-state index contributed by atoms with van der Waals surface area (Å²) in [5, 5.41) is 20.4. The van der Waals surface area contributed by atoms with Gasteiger partial charge in [-0.25, -0.2) is 9.59 Å². The molecular formula is C27H35N3O7S. The van der Waals surface area contributed by atoms with E-state index in [1.165, 1.54) is 15.8 Å².